The fourth-order valence-electron chi connectivity index (χ4n) is 2.27. The molecule has 1 heterocycles. The van der Waals surface area contributed by atoms with E-state index in [1.807, 2.05) is 11.9 Å². The van der Waals surface area contributed by atoms with Gasteiger partial charge in [-0.2, -0.15) is 0 Å². The van der Waals surface area contributed by atoms with E-state index < -0.39 is 0 Å². The van der Waals surface area contributed by atoms with Gasteiger partial charge in [0, 0.05) is 33.7 Å². The van der Waals surface area contributed by atoms with Crippen LogP contribution in [0, 0.1) is 6.92 Å². The highest BCUT2D eigenvalue weighted by Gasteiger charge is 2.08. The highest BCUT2D eigenvalue weighted by molar-refractivity contribution is 5.91. The van der Waals surface area contributed by atoms with E-state index in [0.29, 0.717) is 18.8 Å². The third-order valence-corrected chi connectivity index (χ3v) is 3.55. The quantitative estimate of drug-likeness (QED) is 0.484. The van der Waals surface area contributed by atoms with Crippen LogP contribution >= 0.6 is 0 Å². The average molecular weight is 328 g/mol. The van der Waals surface area contributed by atoms with Crippen LogP contribution in [0.15, 0.2) is 52.1 Å². The van der Waals surface area contributed by atoms with Crippen molar-refractivity contribution in [2.45, 2.75) is 13.5 Å². The smallest absolute Gasteiger partial charge is 0.287 e. The van der Waals surface area contributed by atoms with Gasteiger partial charge >= 0.3 is 0 Å². The largest absolute Gasteiger partial charge is 0.459 e. The zero-order valence-electron chi connectivity index (χ0n) is 14.4. The van der Waals surface area contributed by atoms with Crippen LogP contribution < -0.4 is 10.6 Å². The lowest BCUT2D eigenvalue weighted by atomic mass is 10.1. The van der Waals surface area contributed by atoms with Crippen molar-refractivity contribution < 1.29 is 9.21 Å². The first-order valence-electron chi connectivity index (χ1n) is 7.89. The van der Waals surface area contributed by atoms with Crippen molar-refractivity contribution >= 4 is 11.9 Å². The monoisotopic (exact) mass is 328 g/mol. The minimum Gasteiger partial charge on any atom is -0.459 e. The molecule has 6 nitrogen and oxygen atoms in total. The first kappa shape index (κ1) is 17.6. The number of aliphatic imine (C=N–C) groups is 1. The van der Waals surface area contributed by atoms with Crippen LogP contribution in [0.2, 0.25) is 0 Å². The molecule has 0 spiro atoms. The van der Waals surface area contributed by atoms with E-state index in [1.54, 1.807) is 19.2 Å². The van der Waals surface area contributed by atoms with Crippen LogP contribution in [-0.4, -0.2) is 44.0 Å². The van der Waals surface area contributed by atoms with Crippen LogP contribution in [0.3, 0.4) is 0 Å². The van der Waals surface area contributed by atoms with Crippen molar-refractivity contribution in [3.05, 3.63) is 59.5 Å². The van der Waals surface area contributed by atoms with Gasteiger partial charge in [0.1, 0.15) is 0 Å². The zero-order chi connectivity index (χ0) is 17.4. The maximum atomic E-state index is 11.7. The average Bonchev–Trinajstić information content (AvgIpc) is 3.11. The highest BCUT2D eigenvalue weighted by atomic mass is 16.3. The van der Waals surface area contributed by atoms with E-state index in [-0.39, 0.29) is 5.91 Å². The maximum absolute atomic E-state index is 11.7. The summed E-state index contributed by atoms with van der Waals surface area (Å²) in [6.45, 7) is 3.90. The Morgan fingerprint density at radius 3 is 2.50 bits per heavy atom. The Balaban J connectivity index is 1.75. The summed E-state index contributed by atoms with van der Waals surface area (Å²) in [5.74, 6) is 0.878. The van der Waals surface area contributed by atoms with E-state index in [4.69, 9.17) is 4.42 Å². The van der Waals surface area contributed by atoms with Gasteiger partial charge in [-0.15, -0.1) is 0 Å². The highest BCUT2D eigenvalue weighted by Crippen LogP contribution is 2.06. The van der Waals surface area contributed by atoms with E-state index in [1.165, 1.54) is 17.4 Å². The number of nitrogens with one attached hydrogen (secondary N) is 2. The Morgan fingerprint density at radius 2 is 1.88 bits per heavy atom. The van der Waals surface area contributed by atoms with Gasteiger partial charge in [0.25, 0.3) is 5.91 Å². The van der Waals surface area contributed by atoms with Crippen molar-refractivity contribution in [2.75, 3.05) is 27.2 Å². The third-order valence-electron chi connectivity index (χ3n) is 3.55. The summed E-state index contributed by atoms with van der Waals surface area (Å²) in [5, 5.41) is 6.02. The van der Waals surface area contributed by atoms with E-state index in [0.717, 1.165) is 12.5 Å². The second kappa shape index (κ2) is 8.76. The van der Waals surface area contributed by atoms with Gasteiger partial charge in [-0.05, 0) is 24.6 Å². The van der Waals surface area contributed by atoms with Crippen molar-refractivity contribution in [2.24, 2.45) is 4.99 Å². The van der Waals surface area contributed by atoms with Crippen molar-refractivity contribution in [3.63, 3.8) is 0 Å². The number of benzene rings is 1. The molecule has 0 saturated heterocycles. The summed E-state index contributed by atoms with van der Waals surface area (Å²) in [6.07, 6.45) is 1.48. The van der Waals surface area contributed by atoms with E-state index in [2.05, 4.69) is 46.8 Å². The molecule has 0 saturated carbocycles. The van der Waals surface area contributed by atoms with Gasteiger partial charge in [-0.1, -0.05) is 29.8 Å². The molecule has 1 aromatic heterocycles. The summed E-state index contributed by atoms with van der Waals surface area (Å²) < 4.78 is 5.04. The lowest BCUT2D eigenvalue weighted by molar-refractivity contribution is 0.0926. The molecule has 0 atom stereocenters. The van der Waals surface area contributed by atoms with Crippen LogP contribution in [0.25, 0.3) is 0 Å². The number of aryl methyl sites for hydroxylation is 1. The molecular weight excluding hydrogens is 304 g/mol. The summed E-state index contributed by atoms with van der Waals surface area (Å²) in [7, 11) is 3.73. The Hall–Kier alpha value is -2.76. The molecule has 0 unspecified atom stereocenters. The zero-order valence-corrected chi connectivity index (χ0v) is 14.4. The topological polar surface area (TPSA) is 69.9 Å². The molecule has 2 aromatic rings. The lowest BCUT2D eigenvalue weighted by Gasteiger charge is -2.22. The molecule has 0 aliphatic carbocycles. The lowest BCUT2D eigenvalue weighted by Crippen LogP contribution is -2.42. The van der Waals surface area contributed by atoms with Crippen LogP contribution in [0.5, 0.6) is 0 Å². The van der Waals surface area contributed by atoms with Crippen molar-refractivity contribution in [1.29, 1.82) is 0 Å². The Bertz CT molecular complexity index is 663. The van der Waals surface area contributed by atoms with E-state index in [9.17, 15) is 4.79 Å². The molecule has 2 rings (SSSR count). The normalized spacial score (nSPS) is 11.2. The van der Waals surface area contributed by atoms with Crippen molar-refractivity contribution in [1.82, 2.24) is 15.5 Å². The SMILES string of the molecule is CN=C(NCCNC(=O)c1ccco1)N(C)Cc1ccc(C)cc1. The number of rotatable bonds is 6. The van der Waals surface area contributed by atoms with Gasteiger partial charge < -0.3 is 20.0 Å². The van der Waals surface area contributed by atoms with Gasteiger partial charge in [0.2, 0.25) is 0 Å². The first-order valence-corrected chi connectivity index (χ1v) is 7.89. The molecule has 6 heteroatoms. The van der Waals surface area contributed by atoms with Gasteiger partial charge in [-0.25, -0.2) is 0 Å². The number of amides is 1. The third kappa shape index (κ3) is 5.15. The number of nitrogens with zero attached hydrogens (tertiary/aromatic N) is 2. The Morgan fingerprint density at radius 1 is 1.17 bits per heavy atom. The number of hydrogen-bond acceptors (Lipinski definition) is 3. The molecule has 1 aromatic carbocycles. The van der Waals surface area contributed by atoms with Gasteiger partial charge in [0.05, 0.1) is 6.26 Å². The summed E-state index contributed by atoms with van der Waals surface area (Å²) in [6, 6.07) is 11.8. The van der Waals surface area contributed by atoms with Crippen LogP contribution in [-0.2, 0) is 6.54 Å². The number of guanidine groups is 1. The Kier molecular flexibility index (Phi) is 6.42. The summed E-state index contributed by atoms with van der Waals surface area (Å²) in [4.78, 5) is 18.1. The fraction of sp³-hybridized carbons (Fsp3) is 0.333. The number of carbonyl (C=O) groups excluding carboxylic acids is 1. The molecule has 24 heavy (non-hydrogen) atoms. The Labute approximate surface area is 142 Å². The molecule has 0 radical (unpaired) electrons. The number of furan rings is 1. The maximum Gasteiger partial charge on any atom is 0.287 e. The molecule has 2 N–H and O–H groups in total. The molecule has 128 valence electrons. The molecule has 0 bridgehead atoms. The van der Waals surface area contributed by atoms with Gasteiger partial charge in [-0.3, -0.25) is 9.79 Å². The molecule has 0 aliphatic heterocycles. The van der Waals surface area contributed by atoms with Crippen molar-refractivity contribution in [3.8, 4) is 0 Å². The van der Waals surface area contributed by atoms with Crippen LogP contribution in [0.4, 0.5) is 0 Å². The minimum absolute atomic E-state index is 0.218. The molecule has 1 amide bonds. The second-order valence-corrected chi connectivity index (χ2v) is 5.55. The summed E-state index contributed by atoms with van der Waals surface area (Å²) in [5.41, 5.74) is 2.47. The predicted molar refractivity (Wildman–Crippen MR) is 95.0 cm³/mol. The standard InChI is InChI=1S/C18H24N4O2/c1-14-6-8-15(9-7-14)13-22(3)18(19-2)21-11-10-20-17(23)16-5-4-12-24-16/h4-9,12H,10-11,13H2,1-3H3,(H,19,21)(H,20,23). The predicted octanol–water partition coefficient (Wildman–Crippen LogP) is 2.03. The number of hydrogen-bond donors (Lipinski definition) is 2. The first-order chi connectivity index (χ1) is 11.6. The summed E-state index contributed by atoms with van der Waals surface area (Å²) >= 11 is 0. The fourth-order valence-corrected chi connectivity index (χ4v) is 2.27. The molecular formula is C18H24N4O2. The number of carbonyl (C=O) groups is 1. The minimum atomic E-state index is -0.218. The second-order valence-electron chi connectivity index (χ2n) is 5.55. The molecule has 0 fully saturated rings. The molecule has 0 aliphatic rings. The van der Waals surface area contributed by atoms with Gasteiger partial charge in [0.15, 0.2) is 11.7 Å². The van der Waals surface area contributed by atoms with Crippen LogP contribution in [0.1, 0.15) is 21.7 Å². The van der Waals surface area contributed by atoms with E-state index >= 15 is 0 Å².